The van der Waals surface area contributed by atoms with E-state index in [0.717, 1.165) is 16.7 Å². The van der Waals surface area contributed by atoms with Crippen molar-refractivity contribution in [3.8, 4) is 0 Å². The largest absolute Gasteiger partial charge is 0.388 e. The highest BCUT2D eigenvalue weighted by Gasteiger charge is 1.96. The quantitative estimate of drug-likeness (QED) is 0.491. The fourth-order valence-corrected chi connectivity index (χ4v) is 2.32. The normalized spacial score (nSPS) is 10.0. The van der Waals surface area contributed by atoms with Crippen LogP contribution in [0.3, 0.4) is 0 Å². The zero-order valence-corrected chi connectivity index (χ0v) is 12.5. The van der Waals surface area contributed by atoms with E-state index in [1.54, 1.807) is 0 Å². The number of benzene rings is 3. The summed E-state index contributed by atoms with van der Waals surface area (Å²) >= 11 is 0. The van der Waals surface area contributed by atoms with Crippen molar-refractivity contribution in [2.75, 3.05) is 12.4 Å². The van der Waals surface area contributed by atoms with Gasteiger partial charge in [0.25, 0.3) is 0 Å². The second-order valence-corrected chi connectivity index (χ2v) is 4.99. The molecule has 3 aromatic carbocycles. The maximum absolute atomic E-state index is 4.58. The molecule has 2 heteroatoms. The Morgan fingerprint density at radius 3 is 1.64 bits per heavy atom. The molecule has 1 heterocycles. The van der Waals surface area contributed by atoms with Crippen LogP contribution in [0.1, 0.15) is 0 Å². The summed E-state index contributed by atoms with van der Waals surface area (Å²) in [6, 6.07) is 28.6. The van der Waals surface area contributed by atoms with Gasteiger partial charge in [-0.1, -0.05) is 54.6 Å². The molecule has 108 valence electrons. The topological polar surface area (TPSA) is 24.9 Å². The van der Waals surface area contributed by atoms with Crippen LogP contribution in [0.15, 0.2) is 84.9 Å². The number of para-hydroxylation sites is 3. The molecule has 0 saturated carbocycles. The summed E-state index contributed by atoms with van der Waals surface area (Å²) in [6.45, 7) is 0. The van der Waals surface area contributed by atoms with Crippen molar-refractivity contribution in [1.82, 2.24) is 4.98 Å². The number of hydrogen-bond acceptors (Lipinski definition) is 2. The molecular formula is C20H18N2. The molecule has 0 atom stereocenters. The summed E-state index contributed by atoms with van der Waals surface area (Å²) in [4.78, 5) is 4.58. The van der Waals surface area contributed by atoms with Gasteiger partial charge in [-0.2, -0.15) is 0 Å². The first kappa shape index (κ1) is 14.1. The van der Waals surface area contributed by atoms with E-state index in [1.165, 1.54) is 10.8 Å². The van der Waals surface area contributed by atoms with Crippen LogP contribution in [-0.2, 0) is 0 Å². The van der Waals surface area contributed by atoms with Gasteiger partial charge in [0, 0.05) is 23.5 Å². The minimum absolute atomic E-state index is 1.06. The second-order valence-electron chi connectivity index (χ2n) is 4.99. The van der Waals surface area contributed by atoms with Gasteiger partial charge in [0.05, 0.1) is 11.0 Å². The third-order valence-corrected chi connectivity index (χ3v) is 3.49. The van der Waals surface area contributed by atoms with Crippen LogP contribution in [0.5, 0.6) is 0 Å². The van der Waals surface area contributed by atoms with Crippen LogP contribution in [-0.4, -0.2) is 12.0 Å². The van der Waals surface area contributed by atoms with Crippen LogP contribution in [0.4, 0.5) is 5.69 Å². The summed E-state index contributed by atoms with van der Waals surface area (Å²) in [5.74, 6) is 0. The molecule has 0 aliphatic heterocycles. The number of anilines is 1. The van der Waals surface area contributed by atoms with Gasteiger partial charge < -0.3 is 5.32 Å². The molecule has 0 aliphatic carbocycles. The number of pyridine rings is 1. The Balaban J connectivity index is 0.000000154. The highest BCUT2D eigenvalue weighted by molar-refractivity contribution is 5.92. The van der Waals surface area contributed by atoms with Crippen molar-refractivity contribution in [3.63, 3.8) is 0 Å². The lowest BCUT2D eigenvalue weighted by atomic mass is 10.1. The van der Waals surface area contributed by atoms with Crippen molar-refractivity contribution in [2.45, 2.75) is 0 Å². The Morgan fingerprint density at radius 2 is 1.14 bits per heavy atom. The summed E-state index contributed by atoms with van der Waals surface area (Å²) < 4.78 is 0. The number of hydrogen-bond donors (Lipinski definition) is 1. The predicted octanol–water partition coefficient (Wildman–Crippen LogP) is 5.12. The van der Waals surface area contributed by atoms with Gasteiger partial charge in [0.15, 0.2) is 0 Å². The molecule has 0 saturated heterocycles. The molecule has 0 bridgehead atoms. The molecule has 0 fully saturated rings. The molecule has 4 rings (SSSR count). The molecular weight excluding hydrogens is 268 g/mol. The Labute approximate surface area is 130 Å². The van der Waals surface area contributed by atoms with E-state index in [9.17, 15) is 0 Å². The Hall–Kier alpha value is -2.87. The minimum Gasteiger partial charge on any atom is -0.388 e. The van der Waals surface area contributed by atoms with Crippen LogP contribution in [0.2, 0.25) is 0 Å². The van der Waals surface area contributed by atoms with Gasteiger partial charge in [-0.05, 0) is 30.3 Å². The molecule has 0 spiro atoms. The number of fused-ring (bicyclic) bond motifs is 2. The fourth-order valence-electron chi connectivity index (χ4n) is 2.32. The Kier molecular flexibility index (Phi) is 4.30. The zero-order chi connectivity index (χ0) is 15.2. The first-order chi connectivity index (χ1) is 10.9. The van der Waals surface area contributed by atoms with E-state index in [4.69, 9.17) is 0 Å². The molecule has 0 amide bonds. The van der Waals surface area contributed by atoms with Crippen molar-refractivity contribution >= 4 is 27.5 Å². The third-order valence-electron chi connectivity index (χ3n) is 3.49. The summed E-state index contributed by atoms with van der Waals surface area (Å²) in [5.41, 5.74) is 3.28. The second kappa shape index (κ2) is 6.72. The van der Waals surface area contributed by atoms with Gasteiger partial charge >= 0.3 is 0 Å². The maximum atomic E-state index is 4.58. The average Bonchev–Trinajstić information content (AvgIpc) is 2.61. The van der Waals surface area contributed by atoms with Crippen LogP contribution in [0.25, 0.3) is 21.8 Å². The minimum atomic E-state index is 1.06. The van der Waals surface area contributed by atoms with Gasteiger partial charge in [0.2, 0.25) is 0 Å². The molecule has 1 aromatic heterocycles. The maximum Gasteiger partial charge on any atom is 0.0709 e. The highest BCUT2D eigenvalue weighted by atomic mass is 14.8. The lowest BCUT2D eigenvalue weighted by molar-refractivity contribution is 1.50. The average molecular weight is 286 g/mol. The molecule has 2 nitrogen and oxygen atoms in total. The summed E-state index contributed by atoms with van der Waals surface area (Å²) in [6.07, 6.45) is 0. The number of nitrogens with one attached hydrogen (secondary N) is 1. The zero-order valence-electron chi connectivity index (χ0n) is 12.5. The third kappa shape index (κ3) is 3.23. The van der Waals surface area contributed by atoms with Crippen molar-refractivity contribution in [1.29, 1.82) is 0 Å². The first-order valence-electron chi connectivity index (χ1n) is 7.34. The Bertz CT molecular complexity index is 765. The van der Waals surface area contributed by atoms with Crippen LogP contribution < -0.4 is 5.32 Å². The smallest absolute Gasteiger partial charge is 0.0709 e. The fraction of sp³-hybridized carbons (Fsp3) is 0.0500. The van der Waals surface area contributed by atoms with Crippen molar-refractivity contribution in [2.24, 2.45) is 0 Å². The molecule has 0 unspecified atom stereocenters. The van der Waals surface area contributed by atoms with Crippen molar-refractivity contribution < 1.29 is 0 Å². The van der Waals surface area contributed by atoms with Crippen LogP contribution in [0, 0.1) is 0 Å². The van der Waals surface area contributed by atoms with Crippen molar-refractivity contribution in [3.05, 3.63) is 84.9 Å². The lowest BCUT2D eigenvalue weighted by Gasteiger charge is -1.99. The van der Waals surface area contributed by atoms with E-state index >= 15 is 0 Å². The van der Waals surface area contributed by atoms with E-state index < -0.39 is 0 Å². The number of rotatable bonds is 1. The first-order valence-corrected chi connectivity index (χ1v) is 7.34. The van der Waals surface area contributed by atoms with E-state index in [0.29, 0.717) is 0 Å². The van der Waals surface area contributed by atoms with E-state index in [2.05, 4.69) is 28.5 Å². The molecule has 4 aromatic rings. The standard InChI is InChI=1S/C13H9N.C7H9N/c1-3-7-12-10(5-1)9-11-6-2-4-8-13(11)14-12;1-8-7-5-3-2-4-6-7/h1-9H;2-6,8H,1H3. The molecule has 22 heavy (non-hydrogen) atoms. The monoisotopic (exact) mass is 286 g/mol. The SMILES string of the molecule is CNc1ccccc1.c1ccc2nc3ccccc3cc2c1. The molecule has 1 N–H and O–H groups in total. The van der Waals surface area contributed by atoms with Crippen LogP contribution >= 0.6 is 0 Å². The predicted molar refractivity (Wildman–Crippen MR) is 95.2 cm³/mol. The number of nitrogens with zero attached hydrogens (tertiary/aromatic N) is 1. The summed E-state index contributed by atoms with van der Waals surface area (Å²) in [7, 11) is 1.91. The number of aromatic nitrogens is 1. The van der Waals surface area contributed by atoms with E-state index in [-0.39, 0.29) is 0 Å². The Morgan fingerprint density at radius 1 is 0.636 bits per heavy atom. The molecule has 0 radical (unpaired) electrons. The van der Waals surface area contributed by atoms with Gasteiger partial charge in [0.1, 0.15) is 0 Å². The van der Waals surface area contributed by atoms with Gasteiger partial charge in [-0.3, -0.25) is 0 Å². The molecule has 0 aliphatic rings. The highest BCUT2D eigenvalue weighted by Crippen LogP contribution is 2.18. The van der Waals surface area contributed by atoms with Gasteiger partial charge in [-0.25, -0.2) is 4.98 Å². The van der Waals surface area contributed by atoms with Gasteiger partial charge in [-0.15, -0.1) is 0 Å². The summed E-state index contributed by atoms with van der Waals surface area (Å²) in [5, 5.41) is 5.43. The van der Waals surface area contributed by atoms with E-state index in [1.807, 2.05) is 73.8 Å². The lowest BCUT2D eigenvalue weighted by Crippen LogP contribution is -1.84.